The first-order valence-electron chi connectivity index (χ1n) is 6.20. The molecule has 18 heavy (non-hydrogen) atoms. The van der Waals surface area contributed by atoms with Crippen molar-refractivity contribution >= 4 is 10.0 Å². The fourth-order valence-electron chi connectivity index (χ4n) is 2.31. The maximum Gasteiger partial charge on any atom is 0.260 e. The predicted molar refractivity (Wildman–Crippen MR) is 68.7 cm³/mol. The van der Waals surface area contributed by atoms with Crippen molar-refractivity contribution < 1.29 is 8.42 Å². The number of aryl methyl sites for hydroxylation is 1. The molecule has 1 aromatic heterocycles. The lowest BCUT2D eigenvalue weighted by molar-refractivity contribution is 0.270. The summed E-state index contributed by atoms with van der Waals surface area (Å²) in [7, 11) is -1.46. The summed E-state index contributed by atoms with van der Waals surface area (Å²) < 4.78 is 26.2. The van der Waals surface area contributed by atoms with Gasteiger partial charge in [0.05, 0.1) is 6.20 Å². The number of nitrogens with one attached hydrogen (secondary N) is 2. The SMILES string of the molecule is CNCC1CCN(S(=O)(=O)c2cnc(C)[nH]2)CC1. The van der Waals surface area contributed by atoms with Crippen LogP contribution in [0.2, 0.25) is 0 Å². The van der Waals surface area contributed by atoms with Crippen LogP contribution in [0.4, 0.5) is 0 Å². The van der Waals surface area contributed by atoms with E-state index in [1.165, 1.54) is 6.20 Å². The van der Waals surface area contributed by atoms with E-state index < -0.39 is 10.0 Å². The second-order valence-corrected chi connectivity index (χ2v) is 6.64. The first kappa shape index (κ1) is 13.5. The van der Waals surface area contributed by atoms with Crippen molar-refractivity contribution in [2.75, 3.05) is 26.7 Å². The van der Waals surface area contributed by atoms with Gasteiger partial charge in [0.25, 0.3) is 10.0 Å². The van der Waals surface area contributed by atoms with Crippen LogP contribution in [0.3, 0.4) is 0 Å². The van der Waals surface area contributed by atoms with Crippen molar-refractivity contribution in [2.45, 2.75) is 24.8 Å². The number of aromatic nitrogens is 2. The van der Waals surface area contributed by atoms with Crippen LogP contribution in [0.15, 0.2) is 11.2 Å². The van der Waals surface area contributed by atoms with E-state index >= 15 is 0 Å². The minimum absolute atomic E-state index is 0.201. The molecular formula is C11H20N4O2S. The first-order chi connectivity index (χ1) is 8.54. The van der Waals surface area contributed by atoms with Gasteiger partial charge >= 0.3 is 0 Å². The van der Waals surface area contributed by atoms with E-state index in [0.29, 0.717) is 24.8 Å². The lowest BCUT2D eigenvalue weighted by Crippen LogP contribution is -2.40. The van der Waals surface area contributed by atoms with Crippen molar-refractivity contribution in [1.82, 2.24) is 19.6 Å². The molecule has 1 aromatic rings. The maximum atomic E-state index is 12.3. The van der Waals surface area contributed by atoms with Crippen LogP contribution in [-0.2, 0) is 10.0 Å². The third kappa shape index (κ3) is 2.73. The molecule has 1 fully saturated rings. The number of H-pyrrole nitrogens is 1. The van der Waals surface area contributed by atoms with E-state index in [1.54, 1.807) is 11.2 Å². The van der Waals surface area contributed by atoms with Gasteiger partial charge in [0.1, 0.15) is 5.82 Å². The van der Waals surface area contributed by atoms with Crippen LogP contribution in [-0.4, -0.2) is 49.4 Å². The number of rotatable bonds is 4. The number of nitrogens with zero attached hydrogens (tertiary/aromatic N) is 2. The summed E-state index contributed by atoms with van der Waals surface area (Å²) in [6, 6.07) is 0. The smallest absolute Gasteiger partial charge is 0.260 e. The Morgan fingerprint density at radius 3 is 2.67 bits per heavy atom. The van der Waals surface area contributed by atoms with E-state index in [0.717, 1.165) is 19.4 Å². The van der Waals surface area contributed by atoms with Gasteiger partial charge in [-0.25, -0.2) is 13.4 Å². The molecule has 0 spiro atoms. The number of aromatic amines is 1. The fraction of sp³-hybridized carbons (Fsp3) is 0.727. The Bertz CT molecular complexity index is 489. The Morgan fingerprint density at radius 1 is 1.50 bits per heavy atom. The van der Waals surface area contributed by atoms with E-state index in [4.69, 9.17) is 0 Å². The molecule has 1 saturated heterocycles. The third-order valence-corrected chi connectivity index (χ3v) is 5.17. The fourth-order valence-corrected chi connectivity index (χ4v) is 3.74. The van der Waals surface area contributed by atoms with Crippen LogP contribution >= 0.6 is 0 Å². The third-order valence-electron chi connectivity index (χ3n) is 3.36. The molecular weight excluding hydrogens is 252 g/mol. The summed E-state index contributed by atoms with van der Waals surface area (Å²) in [5.74, 6) is 1.20. The molecule has 1 aliphatic rings. The summed E-state index contributed by atoms with van der Waals surface area (Å²) >= 11 is 0. The van der Waals surface area contributed by atoms with Gasteiger partial charge in [-0.3, -0.25) is 0 Å². The van der Waals surface area contributed by atoms with Crippen LogP contribution in [0.5, 0.6) is 0 Å². The summed E-state index contributed by atoms with van der Waals surface area (Å²) in [5, 5.41) is 3.34. The quantitative estimate of drug-likeness (QED) is 0.828. The molecule has 102 valence electrons. The van der Waals surface area contributed by atoms with Gasteiger partial charge in [0.2, 0.25) is 0 Å². The number of sulfonamides is 1. The van der Waals surface area contributed by atoms with E-state index in [2.05, 4.69) is 15.3 Å². The molecule has 7 heteroatoms. The molecule has 6 nitrogen and oxygen atoms in total. The Morgan fingerprint density at radius 2 is 2.17 bits per heavy atom. The van der Waals surface area contributed by atoms with Crippen LogP contribution < -0.4 is 5.32 Å². The van der Waals surface area contributed by atoms with Gasteiger partial charge in [-0.1, -0.05) is 0 Å². The van der Waals surface area contributed by atoms with Crippen molar-refractivity contribution in [1.29, 1.82) is 0 Å². The minimum atomic E-state index is -3.38. The Hall–Kier alpha value is -0.920. The zero-order valence-corrected chi connectivity index (χ0v) is 11.6. The average molecular weight is 272 g/mol. The van der Waals surface area contributed by atoms with Gasteiger partial charge in [-0.05, 0) is 39.3 Å². The van der Waals surface area contributed by atoms with Crippen LogP contribution in [0.25, 0.3) is 0 Å². The van der Waals surface area contributed by atoms with E-state index in [-0.39, 0.29) is 5.03 Å². The summed E-state index contributed by atoms with van der Waals surface area (Å²) in [6.45, 7) is 3.88. The number of hydrogen-bond acceptors (Lipinski definition) is 4. The molecule has 0 bridgehead atoms. The molecule has 2 rings (SSSR count). The number of piperidine rings is 1. The normalized spacial score (nSPS) is 19.2. The Kier molecular flexibility index (Phi) is 4.04. The Balaban J connectivity index is 2.05. The molecule has 0 radical (unpaired) electrons. The molecule has 2 heterocycles. The van der Waals surface area contributed by atoms with Crippen LogP contribution in [0, 0.1) is 12.8 Å². The monoisotopic (exact) mass is 272 g/mol. The van der Waals surface area contributed by atoms with E-state index in [9.17, 15) is 8.42 Å². The largest absolute Gasteiger partial charge is 0.332 e. The predicted octanol–water partition coefficient (Wildman–Crippen LogP) is 0.338. The van der Waals surface area contributed by atoms with Gasteiger partial charge in [-0.15, -0.1) is 0 Å². The van der Waals surface area contributed by atoms with Gasteiger partial charge in [-0.2, -0.15) is 4.31 Å². The van der Waals surface area contributed by atoms with Crippen molar-refractivity contribution in [3.8, 4) is 0 Å². The molecule has 1 aliphatic heterocycles. The molecule has 2 N–H and O–H groups in total. The highest BCUT2D eigenvalue weighted by Crippen LogP contribution is 2.22. The van der Waals surface area contributed by atoms with Crippen LogP contribution in [0.1, 0.15) is 18.7 Å². The Labute approximate surface area is 108 Å². The highest BCUT2D eigenvalue weighted by molar-refractivity contribution is 7.89. The zero-order chi connectivity index (χ0) is 13.2. The molecule has 0 atom stereocenters. The summed E-state index contributed by atoms with van der Waals surface area (Å²) in [5.41, 5.74) is 0. The van der Waals surface area contributed by atoms with Crippen molar-refractivity contribution in [3.63, 3.8) is 0 Å². The molecule has 0 aromatic carbocycles. The van der Waals surface area contributed by atoms with Gasteiger partial charge in [0, 0.05) is 13.1 Å². The minimum Gasteiger partial charge on any atom is -0.332 e. The lowest BCUT2D eigenvalue weighted by Gasteiger charge is -2.30. The zero-order valence-electron chi connectivity index (χ0n) is 10.8. The van der Waals surface area contributed by atoms with Gasteiger partial charge < -0.3 is 10.3 Å². The molecule has 0 aliphatic carbocycles. The highest BCUT2D eigenvalue weighted by atomic mass is 32.2. The average Bonchev–Trinajstić information content (AvgIpc) is 2.78. The molecule has 0 unspecified atom stereocenters. The second-order valence-electron chi connectivity index (χ2n) is 4.74. The van der Waals surface area contributed by atoms with Crippen molar-refractivity contribution in [2.24, 2.45) is 5.92 Å². The number of hydrogen-bond donors (Lipinski definition) is 2. The summed E-state index contributed by atoms with van der Waals surface area (Å²) in [4.78, 5) is 6.75. The van der Waals surface area contributed by atoms with E-state index in [1.807, 2.05) is 7.05 Å². The first-order valence-corrected chi connectivity index (χ1v) is 7.64. The van der Waals surface area contributed by atoms with Gasteiger partial charge in [0.15, 0.2) is 5.03 Å². The number of imidazole rings is 1. The maximum absolute atomic E-state index is 12.3. The lowest BCUT2D eigenvalue weighted by atomic mass is 9.98. The highest BCUT2D eigenvalue weighted by Gasteiger charge is 2.30. The molecule has 0 amide bonds. The molecule has 0 saturated carbocycles. The second kappa shape index (κ2) is 5.38. The van der Waals surface area contributed by atoms with Crippen molar-refractivity contribution in [3.05, 3.63) is 12.0 Å². The summed E-state index contributed by atoms with van der Waals surface area (Å²) in [6.07, 6.45) is 3.21. The topological polar surface area (TPSA) is 78.1 Å². The standard InChI is InChI=1S/C11H20N4O2S/c1-9-13-8-11(14-9)18(16,17)15-5-3-10(4-6-15)7-12-2/h8,10,12H,3-7H2,1-2H3,(H,13,14).